The van der Waals surface area contributed by atoms with E-state index in [1.807, 2.05) is 38.2 Å². The van der Waals surface area contributed by atoms with Crippen molar-refractivity contribution in [2.45, 2.75) is 65.5 Å². The topological polar surface area (TPSA) is 80.6 Å². The number of benzene rings is 3. The minimum atomic E-state index is -1.06. The molecular weight excluding hydrogens is 524 g/mol. The first-order valence-corrected chi connectivity index (χ1v) is 13.8. The van der Waals surface area contributed by atoms with Crippen molar-refractivity contribution in [3.8, 4) is 5.75 Å². The fraction of sp³-hybridized carbons (Fsp3) is 0.333. The molecule has 0 saturated carbocycles. The summed E-state index contributed by atoms with van der Waals surface area (Å²) in [4.78, 5) is 24.4. The van der Waals surface area contributed by atoms with Crippen molar-refractivity contribution in [2.24, 2.45) is 7.05 Å². The quantitative estimate of drug-likeness (QED) is 0.236. The molecule has 2 N–H and O–H groups in total. The zero-order chi connectivity index (χ0) is 29.4. The van der Waals surface area contributed by atoms with Crippen LogP contribution in [-0.4, -0.2) is 27.7 Å². The van der Waals surface area contributed by atoms with Crippen LogP contribution in [0.3, 0.4) is 0 Å². The number of aliphatic carboxylic acids is 1. The van der Waals surface area contributed by atoms with E-state index in [1.165, 1.54) is 12.5 Å². The highest BCUT2D eigenvalue weighted by Gasteiger charge is 2.19. The van der Waals surface area contributed by atoms with Crippen LogP contribution in [0, 0.1) is 6.92 Å². The molecule has 1 heterocycles. The monoisotopic (exact) mass is 560 g/mol. The summed E-state index contributed by atoms with van der Waals surface area (Å²) in [5, 5.41) is 13.8. The van der Waals surface area contributed by atoms with Gasteiger partial charge in [-0.25, -0.2) is 4.79 Å². The molecule has 6 nitrogen and oxygen atoms in total. The van der Waals surface area contributed by atoms with E-state index in [0.717, 1.165) is 33.3 Å². The third kappa shape index (κ3) is 6.18. The highest BCUT2D eigenvalue weighted by atomic mass is 35.5. The Labute approximate surface area is 240 Å². The molecule has 1 aromatic heterocycles. The van der Waals surface area contributed by atoms with E-state index in [2.05, 4.69) is 61.8 Å². The van der Waals surface area contributed by atoms with Crippen LogP contribution in [0.4, 0.5) is 0 Å². The van der Waals surface area contributed by atoms with Crippen LogP contribution in [0.5, 0.6) is 5.75 Å². The number of rotatable bonds is 8. The summed E-state index contributed by atoms with van der Waals surface area (Å²) in [7, 11) is 1.99. The first-order chi connectivity index (χ1) is 18.8. The molecule has 3 aromatic carbocycles. The lowest BCUT2D eigenvalue weighted by Crippen LogP contribution is -2.26. The Balaban J connectivity index is 1.56. The molecule has 4 aromatic rings. The maximum atomic E-state index is 13.2. The molecule has 0 fully saturated rings. The van der Waals surface area contributed by atoms with Gasteiger partial charge in [0.15, 0.2) is 6.10 Å². The lowest BCUT2D eigenvalue weighted by molar-refractivity contribution is -0.144. The van der Waals surface area contributed by atoms with Gasteiger partial charge in [0.05, 0.1) is 11.1 Å². The van der Waals surface area contributed by atoms with Gasteiger partial charge in [0, 0.05) is 29.2 Å². The minimum absolute atomic E-state index is 0.0784. The molecule has 0 spiro atoms. The van der Waals surface area contributed by atoms with E-state index >= 15 is 0 Å². The summed E-state index contributed by atoms with van der Waals surface area (Å²) >= 11 is 6.27. The molecule has 0 radical (unpaired) electrons. The number of fused-ring (bicyclic) bond motifs is 1. The van der Waals surface area contributed by atoms with E-state index in [4.69, 9.17) is 16.3 Å². The van der Waals surface area contributed by atoms with Crippen LogP contribution in [0.1, 0.15) is 79.0 Å². The normalized spacial score (nSPS) is 13.2. The average molecular weight is 561 g/mol. The van der Waals surface area contributed by atoms with Crippen LogP contribution in [0.2, 0.25) is 5.02 Å². The molecule has 1 amide bonds. The maximum Gasteiger partial charge on any atom is 0.344 e. The van der Waals surface area contributed by atoms with Gasteiger partial charge in [-0.1, -0.05) is 68.8 Å². The number of ether oxygens (including phenoxy) is 1. The number of aromatic nitrogens is 1. The van der Waals surface area contributed by atoms with Gasteiger partial charge in [-0.3, -0.25) is 4.79 Å². The number of hydrogen-bond acceptors (Lipinski definition) is 3. The van der Waals surface area contributed by atoms with Crippen LogP contribution >= 0.6 is 11.6 Å². The molecule has 7 heteroatoms. The molecule has 0 aliphatic heterocycles. The smallest absolute Gasteiger partial charge is 0.344 e. The van der Waals surface area contributed by atoms with Crippen LogP contribution < -0.4 is 10.1 Å². The summed E-state index contributed by atoms with van der Waals surface area (Å²) in [6.45, 7) is 12.1. The summed E-state index contributed by atoms with van der Waals surface area (Å²) in [6, 6.07) is 19.5. The van der Waals surface area contributed by atoms with E-state index in [-0.39, 0.29) is 17.4 Å². The zero-order valence-electron chi connectivity index (χ0n) is 24.1. The average Bonchev–Trinajstić information content (AvgIpc) is 3.14. The zero-order valence-corrected chi connectivity index (χ0v) is 24.9. The van der Waals surface area contributed by atoms with Gasteiger partial charge in [0.1, 0.15) is 5.75 Å². The number of nitrogens with one attached hydrogen (secondary N) is 1. The molecule has 4 rings (SSSR count). The summed E-state index contributed by atoms with van der Waals surface area (Å²) in [6.07, 6.45) is -0.409. The maximum absolute atomic E-state index is 13.2. The predicted octanol–water partition coefficient (Wildman–Crippen LogP) is 7.37. The minimum Gasteiger partial charge on any atom is -0.479 e. The number of nitrogens with zero attached hydrogens (tertiary/aromatic N) is 1. The Morgan fingerprint density at radius 1 is 1.02 bits per heavy atom. The second kappa shape index (κ2) is 11.4. The van der Waals surface area contributed by atoms with Crippen molar-refractivity contribution < 1.29 is 19.4 Å². The number of carboxylic acids is 1. The van der Waals surface area contributed by atoms with Gasteiger partial charge < -0.3 is 19.7 Å². The van der Waals surface area contributed by atoms with Gasteiger partial charge >= 0.3 is 5.97 Å². The fourth-order valence-corrected chi connectivity index (χ4v) is 5.00. The number of halogens is 1. The highest BCUT2D eigenvalue weighted by molar-refractivity contribution is 6.32. The molecule has 0 aliphatic carbocycles. The third-order valence-corrected chi connectivity index (χ3v) is 7.85. The Kier molecular flexibility index (Phi) is 8.31. The number of amides is 1. The number of carboxylic acid groups (broad SMARTS) is 1. The van der Waals surface area contributed by atoms with Crippen molar-refractivity contribution in [1.29, 1.82) is 0 Å². The lowest BCUT2D eigenvalue weighted by Gasteiger charge is -2.20. The summed E-state index contributed by atoms with van der Waals surface area (Å²) in [5.74, 6) is -0.839. The molecule has 40 heavy (non-hydrogen) atoms. The first kappa shape index (κ1) is 29.2. The Morgan fingerprint density at radius 2 is 1.70 bits per heavy atom. The first-order valence-electron chi connectivity index (χ1n) is 13.4. The van der Waals surface area contributed by atoms with E-state index in [9.17, 15) is 14.7 Å². The Morgan fingerprint density at radius 3 is 2.33 bits per heavy atom. The van der Waals surface area contributed by atoms with Gasteiger partial charge in [0.2, 0.25) is 0 Å². The summed E-state index contributed by atoms with van der Waals surface area (Å²) in [5.41, 5.74) is 7.11. The van der Waals surface area contributed by atoms with Gasteiger partial charge in [-0.15, -0.1) is 0 Å². The van der Waals surface area contributed by atoms with Gasteiger partial charge in [0.25, 0.3) is 5.91 Å². The van der Waals surface area contributed by atoms with Crippen molar-refractivity contribution in [3.63, 3.8) is 0 Å². The molecule has 0 unspecified atom stereocenters. The fourth-order valence-electron chi connectivity index (χ4n) is 4.83. The number of hydrogen-bond donors (Lipinski definition) is 2. The van der Waals surface area contributed by atoms with Crippen molar-refractivity contribution in [3.05, 3.63) is 99.2 Å². The second-order valence-corrected chi connectivity index (χ2v) is 11.9. The predicted molar refractivity (Wildman–Crippen MR) is 161 cm³/mol. The summed E-state index contributed by atoms with van der Waals surface area (Å²) < 4.78 is 7.65. The van der Waals surface area contributed by atoms with Crippen LogP contribution in [0.15, 0.2) is 60.7 Å². The second-order valence-electron chi connectivity index (χ2n) is 11.5. The Hall–Kier alpha value is -3.77. The highest BCUT2D eigenvalue weighted by Crippen LogP contribution is 2.32. The molecule has 0 aliphatic rings. The van der Waals surface area contributed by atoms with E-state index in [1.54, 1.807) is 12.1 Å². The third-order valence-electron chi connectivity index (χ3n) is 7.54. The molecule has 0 saturated heterocycles. The van der Waals surface area contributed by atoms with E-state index < -0.39 is 12.1 Å². The molecule has 0 bridgehead atoms. The SMILES string of the molecule is Cc1c(Cc2ccc(Cl)c(O[C@H](C)C(=O)O)c2)c2ccc(C(=O)N[C@@H](C)c3ccc(C(C)(C)C)cc3)cc2n1C. The largest absolute Gasteiger partial charge is 0.479 e. The van der Waals surface area contributed by atoms with Crippen molar-refractivity contribution >= 4 is 34.4 Å². The Bertz CT molecular complexity index is 1560. The van der Waals surface area contributed by atoms with Gasteiger partial charge in [-0.05, 0) is 79.1 Å². The van der Waals surface area contributed by atoms with Crippen molar-refractivity contribution in [1.82, 2.24) is 9.88 Å². The number of carbonyl (C=O) groups excluding carboxylic acids is 1. The number of carbonyl (C=O) groups is 2. The number of aryl methyl sites for hydroxylation is 1. The molecule has 210 valence electrons. The van der Waals surface area contributed by atoms with Crippen molar-refractivity contribution in [2.75, 3.05) is 0 Å². The van der Waals surface area contributed by atoms with E-state index in [0.29, 0.717) is 22.8 Å². The standard InChI is InChI=1S/C33H37ClN2O4/c1-19(23-9-12-25(13-10-23)33(4,5)6)35-31(37)24-11-14-26-27(20(2)36(7)29(26)18-24)16-22-8-15-28(34)30(17-22)40-21(3)32(38)39/h8-15,17-19,21H,16H2,1-7H3,(H,35,37)(H,38,39)/t19-,21+/m0/s1. The van der Waals surface area contributed by atoms with Crippen LogP contribution in [0.25, 0.3) is 10.9 Å². The van der Waals surface area contributed by atoms with Crippen LogP contribution in [-0.2, 0) is 23.7 Å². The van der Waals surface area contributed by atoms with Gasteiger partial charge in [-0.2, -0.15) is 0 Å². The lowest BCUT2D eigenvalue weighted by atomic mass is 9.86. The molecular formula is C33H37ClN2O4. The molecule has 2 atom stereocenters.